The summed E-state index contributed by atoms with van der Waals surface area (Å²) in [5.41, 5.74) is 4.18. The van der Waals surface area contributed by atoms with E-state index in [1.807, 2.05) is 55.6 Å². The molecule has 1 heterocycles. The Labute approximate surface area is 436 Å². The molecule has 3 N–H and O–H groups in total. The van der Waals surface area contributed by atoms with E-state index >= 15 is 0 Å². The monoisotopic (exact) mass is 1000 g/mol. The second-order valence-corrected chi connectivity index (χ2v) is 22.3. The van der Waals surface area contributed by atoms with Crippen LogP contribution in [0.3, 0.4) is 0 Å². The van der Waals surface area contributed by atoms with Crippen LogP contribution < -0.4 is 18.9 Å². The predicted molar refractivity (Wildman–Crippen MR) is 290 cm³/mol. The molecule has 11 nitrogen and oxygen atoms in total. The average Bonchev–Trinajstić information content (AvgIpc) is 3.93. The molecule has 4 atom stereocenters. The fourth-order valence-corrected chi connectivity index (χ4v) is 10.8. The van der Waals surface area contributed by atoms with Crippen molar-refractivity contribution in [1.29, 1.82) is 0 Å². The van der Waals surface area contributed by atoms with E-state index in [9.17, 15) is 15.3 Å². The van der Waals surface area contributed by atoms with Gasteiger partial charge in [-0.05, 0) is 187 Å². The molecule has 0 bridgehead atoms. The van der Waals surface area contributed by atoms with E-state index in [1.165, 1.54) is 56.1 Å². The molecule has 2 fully saturated rings. The number of furan rings is 1. The number of benzene rings is 4. The summed E-state index contributed by atoms with van der Waals surface area (Å²) >= 11 is 0. The first kappa shape index (κ1) is 55.9. The maximum absolute atomic E-state index is 10.7. The molecule has 73 heavy (non-hydrogen) atoms. The third kappa shape index (κ3) is 16.1. The SMILES string of the molecule is CC(O)COc1ccc(C(C)(C)c2ccc(OCC(O)COc3ccc(C(C)(C)c4ccc(OCCC(C)N(C)C5CCC(CC6CCC(N(C)C(O)COCc7ccco7)CC6)CC5)cc4)cc3)cc2)cc1. The first-order valence-electron chi connectivity index (χ1n) is 27.1. The third-order valence-corrected chi connectivity index (χ3v) is 16.2. The molecule has 11 heteroatoms. The molecule has 398 valence electrons. The van der Waals surface area contributed by atoms with E-state index < -0.39 is 18.4 Å². The summed E-state index contributed by atoms with van der Waals surface area (Å²) < 4.78 is 34.9. The van der Waals surface area contributed by atoms with Crippen LogP contribution in [0.15, 0.2) is 120 Å². The molecule has 5 aromatic rings. The lowest BCUT2D eigenvalue weighted by molar-refractivity contribution is -0.0775. The fraction of sp³-hybridized carbons (Fsp3) is 0.548. The molecular weight excluding hydrogens is 917 g/mol. The predicted octanol–water partition coefficient (Wildman–Crippen LogP) is 11.6. The highest BCUT2D eigenvalue weighted by Gasteiger charge is 2.32. The Kier molecular flexibility index (Phi) is 20.3. The molecule has 1 aromatic heterocycles. The summed E-state index contributed by atoms with van der Waals surface area (Å²) in [6.07, 6.45) is 12.1. The zero-order chi connectivity index (χ0) is 52.0. The lowest BCUT2D eigenvalue weighted by atomic mass is 9.75. The van der Waals surface area contributed by atoms with E-state index in [0.717, 1.165) is 59.5 Å². The Bertz CT molecular complexity index is 2320. The van der Waals surface area contributed by atoms with Gasteiger partial charge in [0.15, 0.2) is 0 Å². The van der Waals surface area contributed by atoms with Gasteiger partial charge < -0.3 is 48.3 Å². The van der Waals surface area contributed by atoms with Crippen molar-refractivity contribution < 1.29 is 43.4 Å². The molecule has 4 unspecified atom stereocenters. The topological polar surface area (TPSA) is 126 Å². The number of aliphatic hydroxyl groups is 3. The minimum Gasteiger partial charge on any atom is -0.494 e. The van der Waals surface area contributed by atoms with Crippen LogP contribution in [0, 0.1) is 11.8 Å². The lowest BCUT2D eigenvalue weighted by Crippen LogP contribution is -2.44. The normalized spacial score (nSPS) is 20.3. The Morgan fingerprint density at radius 2 is 0.945 bits per heavy atom. The number of nitrogens with zero attached hydrogens (tertiary/aromatic N) is 2. The number of hydrogen-bond donors (Lipinski definition) is 3. The number of hydrogen-bond acceptors (Lipinski definition) is 11. The van der Waals surface area contributed by atoms with Crippen molar-refractivity contribution in [3.63, 3.8) is 0 Å². The van der Waals surface area contributed by atoms with Gasteiger partial charge in [0.25, 0.3) is 0 Å². The Balaban J connectivity index is 0.757. The van der Waals surface area contributed by atoms with Crippen molar-refractivity contribution in [3.05, 3.63) is 143 Å². The van der Waals surface area contributed by atoms with Crippen LogP contribution in [0.25, 0.3) is 0 Å². The second-order valence-electron chi connectivity index (χ2n) is 22.3. The van der Waals surface area contributed by atoms with Crippen LogP contribution >= 0.6 is 0 Å². The van der Waals surface area contributed by atoms with Crippen LogP contribution in [0.5, 0.6) is 23.0 Å². The number of ether oxygens (including phenoxy) is 5. The van der Waals surface area contributed by atoms with Gasteiger partial charge in [-0.2, -0.15) is 0 Å². The Morgan fingerprint density at radius 3 is 1.36 bits per heavy atom. The molecule has 0 spiro atoms. The van der Waals surface area contributed by atoms with Crippen molar-refractivity contribution in [1.82, 2.24) is 9.80 Å². The summed E-state index contributed by atoms with van der Waals surface area (Å²) in [6, 6.07) is 37.9. The number of likely N-dealkylation sites (N-methyl/N-ethyl adjacent to an activating group) is 1. The third-order valence-electron chi connectivity index (χ3n) is 16.2. The van der Waals surface area contributed by atoms with E-state index in [0.29, 0.717) is 49.4 Å². The highest BCUT2D eigenvalue weighted by atomic mass is 16.5. The quantitative estimate of drug-likeness (QED) is 0.0435. The summed E-state index contributed by atoms with van der Waals surface area (Å²) in [5.74, 6) is 5.42. The van der Waals surface area contributed by atoms with Gasteiger partial charge in [-0.1, -0.05) is 76.2 Å². The van der Waals surface area contributed by atoms with Crippen LogP contribution in [0.2, 0.25) is 0 Å². The maximum atomic E-state index is 10.7. The van der Waals surface area contributed by atoms with Crippen LogP contribution in [-0.2, 0) is 22.2 Å². The van der Waals surface area contributed by atoms with Gasteiger partial charge in [-0.25, -0.2) is 0 Å². The first-order valence-corrected chi connectivity index (χ1v) is 27.1. The Hall–Kier alpha value is -4.88. The summed E-state index contributed by atoms with van der Waals surface area (Å²) in [6.45, 7) is 14.7. The van der Waals surface area contributed by atoms with Crippen LogP contribution in [0.4, 0.5) is 0 Å². The lowest BCUT2D eigenvalue weighted by Gasteiger charge is -2.40. The van der Waals surface area contributed by atoms with Crippen molar-refractivity contribution >= 4 is 0 Å². The zero-order valence-electron chi connectivity index (χ0n) is 45.1. The standard InChI is InChI=1S/C62H86N2O9/c1-44(63(7)52-23-11-46(12-24-52)38-47-13-25-53(26-14-47)64(8)60(67)43-68-42-59-10-9-36-69-59)35-37-70-55-27-15-48(16-28-55)61(3,4)50-19-31-57(32-20-50)72-40-54(66)41-73-58-33-21-51(22-34-58)62(5,6)49-17-29-56(30-18-49)71-39-45(2)65/h9-10,15-22,27-34,36,44-47,52-54,60,65-67H,11-14,23-26,35,37-43H2,1-8H3. The summed E-state index contributed by atoms with van der Waals surface area (Å²) in [7, 11) is 4.35. The molecule has 4 aromatic carbocycles. The molecule has 2 aliphatic rings. The fourth-order valence-electron chi connectivity index (χ4n) is 10.8. The second kappa shape index (κ2) is 26.6. The van der Waals surface area contributed by atoms with Crippen molar-refractivity contribution in [2.45, 2.75) is 160 Å². The zero-order valence-corrected chi connectivity index (χ0v) is 45.1. The van der Waals surface area contributed by atoms with Crippen molar-refractivity contribution in [3.8, 4) is 23.0 Å². The molecule has 2 aliphatic carbocycles. The smallest absolute Gasteiger partial charge is 0.131 e. The minimum absolute atomic E-state index is 0.113. The highest BCUT2D eigenvalue weighted by molar-refractivity contribution is 5.43. The average molecular weight is 1000 g/mol. The number of rotatable bonds is 27. The van der Waals surface area contributed by atoms with E-state index in [1.54, 1.807) is 13.2 Å². The van der Waals surface area contributed by atoms with Gasteiger partial charge in [-0.15, -0.1) is 0 Å². The van der Waals surface area contributed by atoms with E-state index in [-0.39, 0.29) is 30.7 Å². The van der Waals surface area contributed by atoms with Gasteiger partial charge in [0.1, 0.15) is 67.5 Å². The van der Waals surface area contributed by atoms with Crippen LogP contribution in [0.1, 0.15) is 134 Å². The van der Waals surface area contributed by atoms with Gasteiger partial charge in [-0.3, -0.25) is 4.90 Å². The van der Waals surface area contributed by atoms with Gasteiger partial charge >= 0.3 is 0 Å². The largest absolute Gasteiger partial charge is 0.494 e. The first-order chi connectivity index (χ1) is 35.0. The van der Waals surface area contributed by atoms with Crippen LogP contribution in [-0.4, -0.2) is 109 Å². The summed E-state index contributed by atoms with van der Waals surface area (Å²) in [5, 5.41) is 31.0. The molecular formula is C62H86N2O9. The highest BCUT2D eigenvalue weighted by Crippen LogP contribution is 2.39. The van der Waals surface area contributed by atoms with E-state index in [4.69, 9.17) is 28.1 Å². The van der Waals surface area contributed by atoms with Crippen molar-refractivity contribution in [2.24, 2.45) is 11.8 Å². The van der Waals surface area contributed by atoms with Gasteiger partial charge in [0, 0.05) is 29.0 Å². The maximum Gasteiger partial charge on any atom is 0.131 e. The number of aliphatic hydroxyl groups excluding tert-OH is 3. The van der Waals surface area contributed by atoms with Gasteiger partial charge in [0.05, 0.1) is 25.6 Å². The Morgan fingerprint density at radius 1 is 0.534 bits per heavy atom. The molecule has 0 aliphatic heterocycles. The molecule has 7 rings (SSSR count). The molecule has 0 radical (unpaired) electrons. The van der Waals surface area contributed by atoms with E-state index in [2.05, 4.69) is 112 Å². The summed E-state index contributed by atoms with van der Waals surface area (Å²) in [4.78, 5) is 4.72. The van der Waals surface area contributed by atoms with Gasteiger partial charge in [0.2, 0.25) is 0 Å². The molecule has 0 saturated heterocycles. The minimum atomic E-state index is -0.799. The molecule has 0 amide bonds. The molecule has 2 saturated carbocycles. The van der Waals surface area contributed by atoms with Crippen molar-refractivity contribution in [2.75, 3.05) is 47.1 Å².